The highest BCUT2D eigenvalue weighted by Crippen LogP contribution is 2.24. The van der Waals surface area contributed by atoms with Crippen LogP contribution in [0.5, 0.6) is 5.75 Å². The fourth-order valence-corrected chi connectivity index (χ4v) is 2.46. The number of ether oxygens (including phenoxy) is 1. The van der Waals surface area contributed by atoms with Crippen LogP contribution in [0, 0.1) is 10.1 Å². The molecular formula is C17H18ClF2IN4O3. The molecule has 7 nitrogen and oxygen atoms in total. The van der Waals surface area contributed by atoms with Crippen LogP contribution in [0.2, 0.25) is 5.02 Å². The Morgan fingerprint density at radius 3 is 2.61 bits per heavy atom. The van der Waals surface area contributed by atoms with Crippen LogP contribution < -0.4 is 15.4 Å². The summed E-state index contributed by atoms with van der Waals surface area (Å²) >= 11 is 5.91. The van der Waals surface area contributed by atoms with E-state index in [0.717, 1.165) is 0 Å². The van der Waals surface area contributed by atoms with E-state index < -0.39 is 11.5 Å². The lowest BCUT2D eigenvalue weighted by atomic mass is 10.2. The second kappa shape index (κ2) is 11.6. The van der Waals surface area contributed by atoms with E-state index in [0.29, 0.717) is 22.1 Å². The molecule has 0 bridgehead atoms. The third kappa shape index (κ3) is 7.43. The second-order valence-corrected chi connectivity index (χ2v) is 5.77. The first kappa shape index (κ1) is 23.8. The molecule has 0 saturated carbocycles. The largest absolute Gasteiger partial charge is 0.434 e. The van der Waals surface area contributed by atoms with Gasteiger partial charge < -0.3 is 15.4 Å². The van der Waals surface area contributed by atoms with Gasteiger partial charge in [0.05, 0.1) is 4.92 Å². The molecular weight excluding hydrogens is 509 g/mol. The molecule has 0 amide bonds. The van der Waals surface area contributed by atoms with Crippen LogP contribution in [0.3, 0.4) is 0 Å². The number of non-ortho nitro benzene ring substituents is 1. The van der Waals surface area contributed by atoms with E-state index in [2.05, 4.69) is 20.4 Å². The van der Waals surface area contributed by atoms with E-state index in [1.807, 2.05) is 0 Å². The molecule has 2 rings (SSSR count). The minimum Gasteiger partial charge on any atom is -0.434 e. The maximum atomic E-state index is 12.5. The maximum Gasteiger partial charge on any atom is 0.387 e. The van der Waals surface area contributed by atoms with E-state index >= 15 is 0 Å². The molecule has 28 heavy (non-hydrogen) atoms. The van der Waals surface area contributed by atoms with Crippen molar-refractivity contribution in [2.24, 2.45) is 4.99 Å². The van der Waals surface area contributed by atoms with Crippen molar-refractivity contribution >= 4 is 47.2 Å². The standard InChI is InChI=1S/C17H17ClF2N4O3.HI/c1-21-17(22-9-11-3-2-4-14(7-11)24(25)26)23-10-12-8-13(18)5-6-15(12)27-16(19)20;/h2-8,16H,9-10H2,1H3,(H2,21,22,23);1H. The molecule has 0 saturated heterocycles. The molecule has 152 valence electrons. The normalized spacial score (nSPS) is 11.0. The summed E-state index contributed by atoms with van der Waals surface area (Å²) in [4.78, 5) is 14.4. The first-order chi connectivity index (χ1) is 12.9. The number of nitro benzene ring substituents is 1. The Labute approximate surface area is 182 Å². The lowest BCUT2D eigenvalue weighted by Gasteiger charge is -2.15. The van der Waals surface area contributed by atoms with Crippen molar-refractivity contribution in [1.82, 2.24) is 10.6 Å². The molecule has 11 heteroatoms. The number of hydrogen-bond donors (Lipinski definition) is 2. The highest BCUT2D eigenvalue weighted by molar-refractivity contribution is 14.0. The SMILES string of the molecule is CN=C(NCc1cccc([N+](=O)[O-])c1)NCc1cc(Cl)ccc1OC(F)F.I. The van der Waals surface area contributed by atoms with Gasteiger partial charge in [0.2, 0.25) is 0 Å². The van der Waals surface area contributed by atoms with Gasteiger partial charge in [0.15, 0.2) is 5.96 Å². The number of benzene rings is 2. The first-order valence-corrected chi connectivity index (χ1v) is 8.18. The highest BCUT2D eigenvalue weighted by Gasteiger charge is 2.11. The predicted molar refractivity (Wildman–Crippen MR) is 114 cm³/mol. The van der Waals surface area contributed by atoms with Crippen molar-refractivity contribution in [3.8, 4) is 5.75 Å². The molecule has 2 N–H and O–H groups in total. The Balaban J connectivity index is 0.00000392. The Hall–Kier alpha value is -2.21. The van der Waals surface area contributed by atoms with Gasteiger partial charge in [-0.3, -0.25) is 15.1 Å². The quantitative estimate of drug-likeness (QED) is 0.184. The van der Waals surface area contributed by atoms with Crippen molar-refractivity contribution < 1.29 is 18.4 Å². The zero-order valence-electron chi connectivity index (χ0n) is 14.7. The number of halogens is 4. The number of nitrogens with one attached hydrogen (secondary N) is 2. The third-order valence-electron chi connectivity index (χ3n) is 3.49. The van der Waals surface area contributed by atoms with Crippen molar-refractivity contribution in [3.05, 3.63) is 68.7 Å². The summed E-state index contributed by atoms with van der Waals surface area (Å²) in [6, 6.07) is 10.5. The summed E-state index contributed by atoms with van der Waals surface area (Å²) in [6.07, 6.45) is 0. The van der Waals surface area contributed by atoms with E-state index in [1.165, 1.54) is 37.4 Å². The number of nitrogens with zero attached hydrogens (tertiary/aromatic N) is 2. The molecule has 0 spiro atoms. The smallest absolute Gasteiger partial charge is 0.387 e. The molecule has 0 unspecified atom stereocenters. The summed E-state index contributed by atoms with van der Waals surface area (Å²) in [5, 5.41) is 17.1. The Bertz CT molecular complexity index is 840. The molecule has 2 aromatic rings. The van der Waals surface area contributed by atoms with Gasteiger partial charge in [0.1, 0.15) is 5.75 Å². The molecule has 0 aliphatic carbocycles. The van der Waals surface area contributed by atoms with Crippen LogP contribution in [-0.4, -0.2) is 24.5 Å². The van der Waals surface area contributed by atoms with Gasteiger partial charge >= 0.3 is 6.61 Å². The molecule has 0 atom stereocenters. The fourth-order valence-electron chi connectivity index (χ4n) is 2.26. The van der Waals surface area contributed by atoms with Crippen LogP contribution in [0.15, 0.2) is 47.5 Å². The fraction of sp³-hybridized carbons (Fsp3) is 0.235. The average Bonchev–Trinajstić information content (AvgIpc) is 2.63. The molecule has 0 heterocycles. The monoisotopic (exact) mass is 526 g/mol. The Morgan fingerprint density at radius 1 is 1.25 bits per heavy atom. The summed E-state index contributed by atoms with van der Waals surface area (Å²) in [7, 11) is 1.54. The van der Waals surface area contributed by atoms with Gasteiger partial charge in [0.25, 0.3) is 5.69 Å². The Morgan fingerprint density at radius 2 is 1.96 bits per heavy atom. The highest BCUT2D eigenvalue weighted by atomic mass is 127. The summed E-state index contributed by atoms with van der Waals surface area (Å²) in [5.41, 5.74) is 1.11. The lowest BCUT2D eigenvalue weighted by molar-refractivity contribution is -0.384. The van der Waals surface area contributed by atoms with Gasteiger partial charge in [-0.1, -0.05) is 23.7 Å². The summed E-state index contributed by atoms with van der Waals surface area (Å²) < 4.78 is 29.5. The molecule has 0 aromatic heterocycles. The van der Waals surface area contributed by atoms with Crippen LogP contribution in [-0.2, 0) is 13.1 Å². The number of hydrogen-bond acceptors (Lipinski definition) is 4. The van der Waals surface area contributed by atoms with Crippen molar-refractivity contribution in [3.63, 3.8) is 0 Å². The van der Waals surface area contributed by atoms with Crippen LogP contribution in [0.25, 0.3) is 0 Å². The van der Waals surface area contributed by atoms with Crippen molar-refractivity contribution in [1.29, 1.82) is 0 Å². The van der Waals surface area contributed by atoms with Crippen molar-refractivity contribution in [2.75, 3.05) is 7.05 Å². The van der Waals surface area contributed by atoms with Gasteiger partial charge in [0, 0.05) is 42.9 Å². The molecule has 0 aliphatic heterocycles. The zero-order valence-corrected chi connectivity index (χ0v) is 17.8. The van der Waals surface area contributed by atoms with E-state index in [-0.39, 0.29) is 48.5 Å². The predicted octanol–water partition coefficient (Wildman–Crippen LogP) is 4.33. The van der Waals surface area contributed by atoms with E-state index in [1.54, 1.807) is 12.1 Å². The number of rotatable bonds is 7. The van der Waals surface area contributed by atoms with Crippen molar-refractivity contribution in [2.45, 2.75) is 19.7 Å². The summed E-state index contributed by atoms with van der Waals surface area (Å²) in [5.74, 6) is 0.389. The van der Waals surface area contributed by atoms with Gasteiger partial charge in [-0.05, 0) is 23.8 Å². The summed E-state index contributed by atoms with van der Waals surface area (Å²) in [6.45, 7) is -2.52. The van der Waals surface area contributed by atoms with Crippen LogP contribution >= 0.6 is 35.6 Å². The third-order valence-corrected chi connectivity index (χ3v) is 3.72. The molecule has 0 radical (unpaired) electrons. The van der Waals surface area contributed by atoms with Gasteiger partial charge in [-0.25, -0.2) is 0 Å². The Kier molecular flexibility index (Phi) is 9.87. The number of alkyl halides is 2. The van der Waals surface area contributed by atoms with E-state index in [4.69, 9.17) is 11.6 Å². The first-order valence-electron chi connectivity index (χ1n) is 7.80. The number of guanidine groups is 1. The molecule has 0 fully saturated rings. The van der Waals surface area contributed by atoms with Crippen LogP contribution in [0.1, 0.15) is 11.1 Å². The van der Waals surface area contributed by atoms with E-state index in [9.17, 15) is 18.9 Å². The minimum absolute atomic E-state index is 0. The number of nitro groups is 1. The average molecular weight is 527 g/mol. The minimum atomic E-state index is -2.95. The topological polar surface area (TPSA) is 88.8 Å². The molecule has 0 aliphatic rings. The zero-order chi connectivity index (χ0) is 19.8. The van der Waals surface area contributed by atoms with Crippen LogP contribution in [0.4, 0.5) is 14.5 Å². The van der Waals surface area contributed by atoms with Gasteiger partial charge in [-0.2, -0.15) is 8.78 Å². The van der Waals surface area contributed by atoms with Gasteiger partial charge in [-0.15, -0.1) is 24.0 Å². The maximum absolute atomic E-state index is 12.5. The lowest BCUT2D eigenvalue weighted by Crippen LogP contribution is -2.36. The second-order valence-electron chi connectivity index (χ2n) is 5.34. The molecule has 2 aromatic carbocycles. The number of aliphatic imine (C=N–C) groups is 1.